The van der Waals surface area contributed by atoms with E-state index in [0.29, 0.717) is 22.1 Å². The fourth-order valence-corrected chi connectivity index (χ4v) is 3.37. The summed E-state index contributed by atoms with van der Waals surface area (Å²) in [6, 6.07) is 0. The molecule has 1 aliphatic carbocycles. The van der Waals surface area contributed by atoms with Crippen LogP contribution in [0.2, 0.25) is 0 Å². The lowest BCUT2D eigenvalue weighted by Crippen LogP contribution is -2.40. The zero-order valence-electron chi connectivity index (χ0n) is 9.55. The van der Waals surface area contributed by atoms with Crippen LogP contribution in [0, 0.1) is 5.92 Å². The van der Waals surface area contributed by atoms with Crippen molar-refractivity contribution in [2.75, 3.05) is 0 Å². The summed E-state index contributed by atoms with van der Waals surface area (Å²) in [4.78, 5) is 4.01. The summed E-state index contributed by atoms with van der Waals surface area (Å²) in [5.41, 5.74) is 5.62. The van der Waals surface area contributed by atoms with Crippen LogP contribution in [0.15, 0.2) is 6.20 Å². The number of rotatable bonds is 1. The summed E-state index contributed by atoms with van der Waals surface area (Å²) in [5, 5.41) is -0.796. The third-order valence-electron chi connectivity index (χ3n) is 3.27. The van der Waals surface area contributed by atoms with Gasteiger partial charge in [0.2, 0.25) is 0 Å². The van der Waals surface area contributed by atoms with E-state index < -0.39 is 16.7 Å². The zero-order valence-corrected chi connectivity index (χ0v) is 10.4. The lowest BCUT2D eigenvalue weighted by atomic mass is 9.76. The second kappa shape index (κ2) is 4.24. The van der Waals surface area contributed by atoms with Crippen molar-refractivity contribution < 1.29 is 13.2 Å². The average Bonchev–Trinajstić information content (AvgIpc) is 2.65. The lowest BCUT2D eigenvalue weighted by Gasteiger charge is -2.35. The highest BCUT2D eigenvalue weighted by molar-refractivity contribution is 7.11. The van der Waals surface area contributed by atoms with Gasteiger partial charge in [-0.15, -0.1) is 11.3 Å². The maximum absolute atomic E-state index is 12.5. The maximum atomic E-state index is 12.5. The SMILES string of the molecule is CC1CCCC(N)(c2cnc(C(F)(F)F)s2)C1. The molecule has 0 saturated heterocycles. The van der Waals surface area contributed by atoms with Crippen molar-refractivity contribution in [3.63, 3.8) is 0 Å². The molecule has 2 rings (SSSR count). The van der Waals surface area contributed by atoms with E-state index in [2.05, 4.69) is 11.9 Å². The van der Waals surface area contributed by atoms with Crippen LogP contribution < -0.4 is 5.73 Å². The monoisotopic (exact) mass is 264 g/mol. The lowest BCUT2D eigenvalue weighted by molar-refractivity contribution is -0.137. The number of nitrogens with two attached hydrogens (primary N) is 1. The Bertz CT molecular complexity index is 402. The molecule has 1 saturated carbocycles. The molecule has 17 heavy (non-hydrogen) atoms. The summed E-state index contributed by atoms with van der Waals surface area (Å²) in [7, 11) is 0. The quantitative estimate of drug-likeness (QED) is 0.842. The number of hydrogen-bond donors (Lipinski definition) is 1. The first-order chi connectivity index (χ1) is 7.81. The number of thiazole rings is 1. The van der Waals surface area contributed by atoms with Crippen molar-refractivity contribution in [3.05, 3.63) is 16.1 Å². The summed E-state index contributed by atoms with van der Waals surface area (Å²) >= 11 is 0.686. The summed E-state index contributed by atoms with van der Waals surface area (Å²) in [6.45, 7) is 2.09. The molecule has 96 valence electrons. The fraction of sp³-hybridized carbons (Fsp3) is 0.727. The molecule has 1 heterocycles. The first-order valence-corrected chi connectivity index (χ1v) is 6.45. The van der Waals surface area contributed by atoms with E-state index in [1.54, 1.807) is 0 Å². The van der Waals surface area contributed by atoms with Crippen molar-refractivity contribution in [1.29, 1.82) is 0 Å². The maximum Gasteiger partial charge on any atom is 0.443 e. The van der Waals surface area contributed by atoms with Crippen LogP contribution in [0.4, 0.5) is 13.2 Å². The van der Waals surface area contributed by atoms with Gasteiger partial charge in [-0.2, -0.15) is 13.2 Å². The molecular weight excluding hydrogens is 249 g/mol. The molecule has 2 nitrogen and oxygen atoms in total. The molecule has 0 spiro atoms. The molecule has 1 fully saturated rings. The van der Waals surface area contributed by atoms with Crippen molar-refractivity contribution >= 4 is 11.3 Å². The minimum absolute atomic E-state index is 0.463. The van der Waals surface area contributed by atoms with E-state index in [1.165, 1.54) is 6.20 Å². The Labute approximate surface area is 102 Å². The number of hydrogen-bond acceptors (Lipinski definition) is 3. The van der Waals surface area contributed by atoms with Crippen molar-refractivity contribution in [1.82, 2.24) is 4.98 Å². The van der Waals surface area contributed by atoms with E-state index in [1.807, 2.05) is 0 Å². The minimum Gasteiger partial charge on any atom is -0.321 e. The Kier molecular flexibility index (Phi) is 3.20. The first-order valence-electron chi connectivity index (χ1n) is 5.64. The van der Waals surface area contributed by atoms with Crippen LogP contribution in [0.5, 0.6) is 0 Å². The van der Waals surface area contributed by atoms with Crippen LogP contribution in [-0.2, 0) is 11.7 Å². The Hall–Kier alpha value is -0.620. The van der Waals surface area contributed by atoms with Gasteiger partial charge in [0.1, 0.15) is 0 Å². The van der Waals surface area contributed by atoms with Crippen LogP contribution in [-0.4, -0.2) is 4.98 Å². The van der Waals surface area contributed by atoms with Crippen LogP contribution >= 0.6 is 11.3 Å². The van der Waals surface area contributed by atoms with E-state index in [9.17, 15) is 13.2 Å². The van der Waals surface area contributed by atoms with E-state index in [-0.39, 0.29) is 0 Å². The van der Waals surface area contributed by atoms with Gasteiger partial charge < -0.3 is 5.73 Å². The van der Waals surface area contributed by atoms with Gasteiger partial charge in [0.25, 0.3) is 0 Å². The molecule has 2 N–H and O–H groups in total. The molecule has 0 radical (unpaired) electrons. The molecule has 0 aliphatic heterocycles. The predicted octanol–water partition coefficient (Wildman–Crippen LogP) is 3.53. The van der Waals surface area contributed by atoms with E-state index in [0.717, 1.165) is 25.7 Å². The van der Waals surface area contributed by atoms with Gasteiger partial charge in [0.15, 0.2) is 5.01 Å². The van der Waals surface area contributed by atoms with Crippen molar-refractivity contribution in [3.8, 4) is 0 Å². The Balaban J connectivity index is 2.24. The van der Waals surface area contributed by atoms with E-state index >= 15 is 0 Å². The predicted molar refractivity (Wildman–Crippen MR) is 60.6 cm³/mol. The highest BCUT2D eigenvalue weighted by Gasteiger charge is 2.39. The largest absolute Gasteiger partial charge is 0.443 e. The van der Waals surface area contributed by atoms with Crippen molar-refractivity contribution in [2.24, 2.45) is 11.7 Å². The fourth-order valence-electron chi connectivity index (χ4n) is 2.45. The molecule has 2 unspecified atom stereocenters. The summed E-state index contributed by atoms with van der Waals surface area (Å²) in [5.74, 6) is 0.463. The average molecular weight is 264 g/mol. The number of aromatic nitrogens is 1. The standard InChI is InChI=1S/C11H15F3N2S/c1-7-3-2-4-10(15,5-7)8-6-16-9(17-8)11(12,13)14/h6-7H,2-5,15H2,1H3. The smallest absolute Gasteiger partial charge is 0.321 e. The highest BCUT2D eigenvalue weighted by Crippen LogP contribution is 2.42. The molecule has 1 aromatic rings. The number of halogens is 3. The van der Waals surface area contributed by atoms with Gasteiger partial charge >= 0.3 is 6.18 Å². The van der Waals surface area contributed by atoms with Crippen LogP contribution in [0.3, 0.4) is 0 Å². The number of alkyl halides is 3. The Morgan fingerprint density at radius 3 is 2.76 bits per heavy atom. The first kappa shape index (κ1) is 12.8. The molecule has 0 aromatic carbocycles. The van der Waals surface area contributed by atoms with Gasteiger partial charge in [-0.25, -0.2) is 4.98 Å². The van der Waals surface area contributed by atoms with Crippen LogP contribution in [0.1, 0.15) is 42.5 Å². The molecule has 0 amide bonds. The number of nitrogens with zero attached hydrogens (tertiary/aromatic N) is 1. The van der Waals surface area contributed by atoms with Gasteiger partial charge in [0.05, 0.1) is 5.54 Å². The third kappa shape index (κ3) is 2.63. The second-order valence-electron chi connectivity index (χ2n) is 4.89. The molecule has 1 aliphatic rings. The van der Waals surface area contributed by atoms with Crippen LogP contribution in [0.25, 0.3) is 0 Å². The molecule has 6 heteroatoms. The minimum atomic E-state index is -4.36. The highest BCUT2D eigenvalue weighted by atomic mass is 32.1. The van der Waals surface area contributed by atoms with Gasteiger partial charge in [-0.05, 0) is 18.8 Å². The summed E-state index contributed by atoms with van der Waals surface area (Å²) < 4.78 is 37.4. The van der Waals surface area contributed by atoms with Gasteiger partial charge in [-0.1, -0.05) is 19.8 Å². The van der Waals surface area contributed by atoms with Crippen molar-refractivity contribution in [2.45, 2.75) is 44.3 Å². The Morgan fingerprint density at radius 2 is 2.24 bits per heavy atom. The molecular formula is C11H15F3N2S. The summed E-state index contributed by atoms with van der Waals surface area (Å²) in [6.07, 6.45) is 0.495. The van der Waals surface area contributed by atoms with E-state index in [4.69, 9.17) is 5.73 Å². The van der Waals surface area contributed by atoms with Gasteiger partial charge in [-0.3, -0.25) is 0 Å². The zero-order chi connectivity index (χ0) is 12.7. The second-order valence-corrected chi connectivity index (χ2v) is 5.92. The van der Waals surface area contributed by atoms with Gasteiger partial charge in [0, 0.05) is 11.1 Å². The topological polar surface area (TPSA) is 38.9 Å². The third-order valence-corrected chi connectivity index (χ3v) is 4.53. The Morgan fingerprint density at radius 1 is 1.53 bits per heavy atom. The molecule has 0 bridgehead atoms. The molecule has 2 atom stereocenters. The normalized spacial score (nSPS) is 30.5. The molecule has 1 aromatic heterocycles.